The van der Waals surface area contributed by atoms with Gasteiger partial charge in [-0.15, -0.1) is 0 Å². The van der Waals surface area contributed by atoms with Gasteiger partial charge in [-0.1, -0.05) is 11.6 Å². The van der Waals surface area contributed by atoms with Gasteiger partial charge in [0.15, 0.2) is 0 Å². The molecule has 6 heteroatoms. The molecule has 1 atom stereocenters. The number of cyclic esters (lactones) is 1. The Morgan fingerprint density at radius 2 is 2.29 bits per heavy atom. The monoisotopic (exact) mass is 255 g/mol. The fourth-order valence-corrected chi connectivity index (χ4v) is 2.14. The van der Waals surface area contributed by atoms with Gasteiger partial charge in [0.25, 0.3) is 5.91 Å². The van der Waals surface area contributed by atoms with Crippen molar-refractivity contribution in [1.29, 1.82) is 0 Å². The van der Waals surface area contributed by atoms with Crippen molar-refractivity contribution in [3.63, 3.8) is 0 Å². The average Bonchev–Trinajstić information content (AvgIpc) is 2.21. The fraction of sp³-hybridized carbons (Fsp3) is 0.273. The number of aromatic hydroxyl groups is 1. The Bertz CT molecular complexity index is 527. The van der Waals surface area contributed by atoms with Crippen molar-refractivity contribution >= 4 is 23.5 Å². The van der Waals surface area contributed by atoms with E-state index in [2.05, 4.69) is 0 Å². The molecular weight excluding hydrogens is 246 g/mol. The summed E-state index contributed by atoms with van der Waals surface area (Å²) >= 11 is 5.97. The molecule has 2 rings (SSSR count). The summed E-state index contributed by atoms with van der Waals surface area (Å²) in [5.74, 6) is -2.01. The molecule has 1 aromatic rings. The maximum Gasteiger partial charge on any atom is 0.342 e. The van der Waals surface area contributed by atoms with E-state index >= 15 is 0 Å². The van der Waals surface area contributed by atoms with Crippen LogP contribution in [-0.2, 0) is 11.2 Å². The van der Waals surface area contributed by atoms with Crippen LogP contribution >= 0.6 is 11.6 Å². The van der Waals surface area contributed by atoms with Gasteiger partial charge >= 0.3 is 5.97 Å². The van der Waals surface area contributed by atoms with E-state index in [-0.39, 0.29) is 22.3 Å². The lowest BCUT2D eigenvalue weighted by atomic mass is 9.95. The molecule has 0 bridgehead atoms. The van der Waals surface area contributed by atoms with Crippen LogP contribution in [0.1, 0.15) is 33.2 Å². The first-order chi connectivity index (χ1) is 7.91. The molecule has 0 saturated carbocycles. The second-order valence-electron chi connectivity index (χ2n) is 3.89. The molecule has 0 aromatic heterocycles. The summed E-state index contributed by atoms with van der Waals surface area (Å²) in [5.41, 5.74) is 5.32. The molecule has 0 saturated heterocycles. The number of hydrogen-bond acceptors (Lipinski definition) is 4. The maximum absolute atomic E-state index is 11.7. The van der Waals surface area contributed by atoms with Crippen LogP contribution in [0.15, 0.2) is 6.07 Å². The smallest absolute Gasteiger partial charge is 0.342 e. The molecule has 0 spiro atoms. The van der Waals surface area contributed by atoms with Gasteiger partial charge in [-0.05, 0) is 18.6 Å². The van der Waals surface area contributed by atoms with Gasteiger partial charge in [-0.25, -0.2) is 4.79 Å². The predicted octanol–water partition coefficient (Wildman–Crippen LogP) is 1.25. The van der Waals surface area contributed by atoms with E-state index < -0.39 is 17.6 Å². The lowest BCUT2D eigenvalue weighted by Gasteiger charge is -2.23. The third kappa shape index (κ3) is 1.82. The summed E-state index contributed by atoms with van der Waals surface area (Å²) in [6.45, 7) is 1.72. The van der Waals surface area contributed by atoms with Crippen molar-refractivity contribution in [2.75, 3.05) is 0 Å². The Morgan fingerprint density at radius 1 is 1.65 bits per heavy atom. The number of carbonyl (C=O) groups excluding carboxylic acids is 2. The Balaban J connectivity index is 2.71. The van der Waals surface area contributed by atoms with Gasteiger partial charge < -0.3 is 15.6 Å². The number of benzene rings is 1. The topological polar surface area (TPSA) is 89.6 Å². The lowest BCUT2D eigenvalue weighted by Crippen LogP contribution is -2.26. The predicted molar refractivity (Wildman–Crippen MR) is 60.2 cm³/mol. The number of hydrogen-bond donors (Lipinski definition) is 2. The standard InChI is InChI=1S/C11H10ClNO4/c1-4-2-5-7(12)3-6(10(13)15)9(14)8(5)11(16)17-4/h3-4,14H,2H2,1H3,(H2,13,15). The Labute approximate surface area is 102 Å². The average molecular weight is 256 g/mol. The normalized spacial score (nSPS) is 18.5. The van der Waals surface area contributed by atoms with Gasteiger partial charge in [-0.2, -0.15) is 0 Å². The van der Waals surface area contributed by atoms with Crippen LogP contribution in [-0.4, -0.2) is 23.1 Å². The van der Waals surface area contributed by atoms with Crippen molar-refractivity contribution in [3.8, 4) is 5.75 Å². The van der Waals surface area contributed by atoms with Gasteiger partial charge in [-0.3, -0.25) is 4.79 Å². The maximum atomic E-state index is 11.7. The number of fused-ring (bicyclic) bond motifs is 1. The largest absolute Gasteiger partial charge is 0.506 e. The summed E-state index contributed by atoms with van der Waals surface area (Å²) in [5, 5.41) is 10.1. The molecule has 0 aliphatic carbocycles. The molecule has 0 radical (unpaired) electrons. The van der Waals surface area contributed by atoms with Crippen LogP contribution < -0.4 is 5.73 Å². The highest BCUT2D eigenvalue weighted by Gasteiger charge is 2.31. The van der Waals surface area contributed by atoms with Crippen molar-refractivity contribution < 1.29 is 19.4 Å². The number of halogens is 1. The van der Waals surface area contributed by atoms with Gasteiger partial charge in [0, 0.05) is 11.4 Å². The second-order valence-corrected chi connectivity index (χ2v) is 4.30. The number of nitrogens with two attached hydrogens (primary N) is 1. The van der Waals surface area contributed by atoms with Crippen LogP contribution in [0.25, 0.3) is 0 Å². The van der Waals surface area contributed by atoms with E-state index in [4.69, 9.17) is 22.1 Å². The molecule has 0 fully saturated rings. The van der Waals surface area contributed by atoms with Gasteiger partial charge in [0.05, 0.1) is 5.56 Å². The van der Waals surface area contributed by atoms with E-state index in [9.17, 15) is 14.7 Å². The van der Waals surface area contributed by atoms with Crippen molar-refractivity contribution in [3.05, 3.63) is 27.8 Å². The van der Waals surface area contributed by atoms with E-state index in [1.807, 2.05) is 0 Å². The molecule has 3 N–H and O–H groups in total. The SMILES string of the molecule is CC1Cc2c(Cl)cc(C(N)=O)c(O)c2C(=O)O1. The van der Waals surface area contributed by atoms with Crippen LogP contribution in [0.2, 0.25) is 5.02 Å². The number of esters is 1. The van der Waals surface area contributed by atoms with Crippen molar-refractivity contribution in [2.45, 2.75) is 19.4 Å². The van der Waals surface area contributed by atoms with Crippen LogP contribution in [0, 0.1) is 0 Å². The van der Waals surface area contributed by atoms with Crippen molar-refractivity contribution in [2.24, 2.45) is 5.73 Å². The molecule has 90 valence electrons. The Hall–Kier alpha value is -1.75. The third-order valence-corrected chi connectivity index (χ3v) is 2.96. The molecule has 1 unspecified atom stereocenters. The van der Waals surface area contributed by atoms with Crippen LogP contribution in [0.5, 0.6) is 5.75 Å². The number of rotatable bonds is 1. The lowest BCUT2D eigenvalue weighted by molar-refractivity contribution is 0.0297. The molecular formula is C11H10ClNO4. The van der Waals surface area contributed by atoms with E-state index in [1.54, 1.807) is 6.92 Å². The van der Waals surface area contributed by atoms with Crippen LogP contribution in [0.3, 0.4) is 0 Å². The molecule has 1 aromatic carbocycles. The summed E-state index contributed by atoms with van der Waals surface area (Å²) in [7, 11) is 0. The zero-order valence-corrected chi connectivity index (χ0v) is 9.75. The number of amides is 1. The summed E-state index contributed by atoms with van der Waals surface area (Å²) in [6, 6.07) is 1.27. The molecule has 1 aliphatic rings. The zero-order chi connectivity index (χ0) is 12.7. The minimum atomic E-state index is -0.848. The second kappa shape index (κ2) is 3.92. The summed E-state index contributed by atoms with van der Waals surface area (Å²) in [4.78, 5) is 22.7. The van der Waals surface area contributed by atoms with Crippen molar-refractivity contribution in [1.82, 2.24) is 0 Å². The third-order valence-electron chi connectivity index (χ3n) is 2.62. The first-order valence-electron chi connectivity index (χ1n) is 4.97. The highest BCUT2D eigenvalue weighted by atomic mass is 35.5. The number of ether oxygens (including phenoxy) is 1. The molecule has 1 aliphatic heterocycles. The van der Waals surface area contributed by atoms with E-state index in [0.29, 0.717) is 12.0 Å². The highest BCUT2D eigenvalue weighted by molar-refractivity contribution is 6.32. The zero-order valence-electron chi connectivity index (χ0n) is 8.99. The minimum Gasteiger partial charge on any atom is -0.506 e. The number of primary amides is 1. The summed E-state index contributed by atoms with van der Waals surface area (Å²) in [6.07, 6.45) is 0.0818. The first kappa shape index (κ1) is 11.7. The van der Waals surface area contributed by atoms with E-state index in [0.717, 1.165) is 0 Å². The quantitative estimate of drug-likeness (QED) is 0.739. The number of carbonyl (C=O) groups is 2. The molecule has 5 nitrogen and oxygen atoms in total. The van der Waals surface area contributed by atoms with Crippen LogP contribution in [0.4, 0.5) is 0 Å². The minimum absolute atomic E-state index is 0.0654. The molecule has 1 amide bonds. The Kier molecular flexibility index (Phi) is 2.71. The van der Waals surface area contributed by atoms with Gasteiger partial charge in [0.1, 0.15) is 17.4 Å². The Morgan fingerprint density at radius 3 is 2.88 bits per heavy atom. The number of phenols is 1. The summed E-state index contributed by atoms with van der Waals surface area (Å²) < 4.78 is 4.97. The molecule has 1 heterocycles. The van der Waals surface area contributed by atoms with E-state index in [1.165, 1.54) is 6.07 Å². The highest BCUT2D eigenvalue weighted by Crippen LogP contribution is 2.36. The fourth-order valence-electron chi connectivity index (χ4n) is 1.86. The molecule has 17 heavy (non-hydrogen) atoms. The first-order valence-corrected chi connectivity index (χ1v) is 5.34. The van der Waals surface area contributed by atoms with Gasteiger partial charge in [0.2, 0.25) is 0 Å².